The molecule has 2 unspecified atom stereocenters. The van der Waals surface area contributed by atoms with E-state index in [4.69, 9.17) is 5.73 Å². The molecule has 22 heavy (non-hydrogen) atoms. The van der Waals surface area contributed by atoms with Crippen LogP contribution in [0.1, 0.15) is 12.0 Å². The molecule has 118 valence electrons. The van der Waals surface area contributed by atoms with Crippen LogP contribution in [-0.4, -0.2) is 23.8 Å². The number of rotatable bonds is 3. The van der Waals surface area contributed by atoms with Crippen molar-refractivity contribution in [2.45, 2.75) is 32.0 Å². The van der Waals surface area contributed by atoms with Crippen molar-refractivity contribution in [2.75, 3.05) is 17.2 Å². The SMILES string of the molecule is Cc1cc(N2CC(O)CC2C[n+]2ccccc2)ccc1N.[Cl-]. The van der Waals surface area contributed by atoms with Crippen LogP contribution in [0.4, 0.5) is 11.4 Å². The number of nitrogen functional groups attached to an aromatic ring is 1. The highest BCUT2D eigenvalue weighted by Crippen LogP contribution is 2.28. The molecular weight excluding hydrogens is 298 g/mol. The zero-order valence-corrected chi connectivity index (χ0v) is 13.4. The number of nitrogens with two attached hydrogens (primary N) is 1. The molecule has 0 spiro atoms. The van der Waals surface area contributed by atoms with E-state index in [9.17, 15) is 5.11 Å². The van der Waals surface area contributed by atoms with Gasteiger partial charge in [-0.15, -0.1) is 0 Å². The van der Waals surface area contributed by atoms with Crippen LogP contribution in [0.3, 0.4) is 0 Å². The summed E-state index contributed by atoms with van der Waals surface area (Å²) in [6.07, 6.45) is 4.66. The van der Waals surface area contributed by atoms with Crippen molar-refractivity contribution in [2.24, 2.45) is 0 Å². The van der Waals surface area contributed by atoms with Gasteiger partial charge in [-0.05, 0) is 30.7 Å². The number of hydrogen-bond donors (Lipinski definition) is 2. The minimum Gasteiger partial charge on any atom is -1.00 e. The average Bonchev–Trinajstić information content (AvgIpc) is 2.84. The molecule has 3 N–H and O–H groups in total. The van der Waals surface area contributed by atoms with Gasteiger partial charge in [0.15, 0.2) is 18.9 Å². The van der Waals surface area contributed by atoms with Gasteiger partial charge in [0.2, 0.25) is 0 Å². The second kappa shape index (κ2) is 6.99. The summed E-state index contributed by atoms with van der Waals surface area (Å²) in [5.41, 5.74) is 8.94. The maximum absolute atomic E-state index is 10.1. The van der Waals surface area contributed by atoms with E-state index in [2.05, 4.69) is 27.9 Å². The highest BCUT2D eigenvalue weighted by molar-refractivity contribution is 5.59. The first-order valence-corrected chi connectivity index (χ1v) is 7.38. The summed E-state index contributed by atoms with van der Waals surface area (Å²) in [6, 6.07) is 12.5. The Morgan fingerprint density at radius 1 is 1.27 bits per heavy atom. The van der Waals surface area contributed by atoms with E-state index in [1.54, 1.807) is 0 Å². The monoisotopic (exact) mass is 319 g/mol. The van der Waals surface area contributed by atoms with Crippen LogP contribution in [0, 0.1) is 6.92 Å². The molecule has 3 rings (SSSR count). The van der Waals surface area contributed by atoms with E-state index >= 15 is 0 Å². The van der Waals surface area contributed by atoms with E-state index < -0.39 is 0 Å². The molecule has 2 heterocycles. The van der Waals surface area contributed by atoms with Gasteiger partial charge < -0.3 is 28.1 Å². The highest BCUT2D eigenvalue weighted by atomic mass is 35.5. The minimum absolute atomic E-state index is 0. The van der Waals surface area contributed by atoms with Gasteiger partial charge in [-0.25, -0.2) is 4.57 Å². The molecule has 4 nitrogen and oxygen atoms in total. The van der Waals surface area contributed by atoms with Crippen molar-refractivity contribution < 1.29 is 22.1 Å². The number of aliphatic hydroxyl groups is 1. The number of halogens is 1. The third-order valence-corrected chi connectivity index (χ3v) is 4.18. The number of pyridine rings is 1. The molecule has 1 fully saturated rings. The third-order valence-electron chi connectivity index (χ3n) is 4.18. The average molecular weight is 320 g/mol. The molecular formula is C17H22ClN3O. The summed E-state index contributed by atoms with van der Waals surface area (Å²) in [6.45, 7) is 3.58. The summed E-state index contributed by atoms with van der Waals surface area (Å²) in [5, 5.41) is 10.1. The van der Waals surface area contributed by atoms with Crippen molar-refractivity contribution in [1.82, 2.24) is 0 Å². The molecule has 5 heteroatoms. The van der Waals surface area contributed by atoms with E-state index in [1.807, 2.05) is 37.3 Å². The first kappa shape index (κ1) is 16.6. The molecule has 0 bridgehead atoms. The Morgan fingerprint density at radius 2 is 2.00 bits per heavy atom. The van der Waals surface area contributed by atoms with Gasteiger partial charge in [0.1, 0.15) is 0 Å². The van der Waals surface area contributed by atoms with Crippen LogP contribution >= 0.6 is 0 Å². The Kier molecular flexibility index (Phi) is 5.27. The van der Waals surface area contributed by atoms with Gasteiger partial charge in [0.05, 0.1) is 12.1 Å². The van der Waals surface area contributed by atoms with Gasteiger partial charge in [-0.2, -0.15) is 0 Å². The van der Waals surface area contributed by atoms with Crippen LogP contribution < -0.4 is 27.6 Å². The van der Waals surface area contributed by atoms with Crippen LogP contribution in [0.15, 0.2) is 48.8 Å². The van der Waals surface area contributed by atoms with Gasteiger partial charge in [0, 0.05) is 36.5 Å². The number of aryl methyl sites for hydroxylation is 1. The number of nitrogens with zero attached hydrogens (tertiary/aromatic N) is 2. The van der Waals surface area contributed by atoms with Crippen LogP contribution in [0.25, 0.3) is 0 Å². The molecule has 0 amide bonds. The standard InChI is InChI=1S/C17H22N3O.ClH/c1-13-9-14(5-6-17(13)18)20-12-16(21)10-15(20)11-19-7-3-2-4-8-19;/h2-9,15-16,21H,10-12,18H2,1H3;1H/q+1;/p-1. The summed E-state index contributed by atoms with van der Waals surface area (Å²) < 4.78 is 2.17. The van der Waals surface area contributed by atoms with Gasteiger partial charge in [-0.3, -0.25) is 0 Å². The second-order valence-electron chi connectivity index (χ2n) is 5.81. The minimum atomic E-state index is -0.267. The lowest BCUT2D eigenvalue weighted by Gasteiger charge is -2.25. The van der Waals surface area contributed by atoms with Crippen molar-refractivity contribution in [3.05, 3.63) is 54.4 Å². The lowest BCUT2D eigenvalue weighted by Crippen LogP contribution is -3.00. The largest absolute Gasteiger partial charge is 1.00 e. The smallest absolute Gasteiger partial charge is 0.168 e. The number of β-amino-alcohol motifs (C(OH)–C–C–N with tert-alkyl or cyclic N) is 1. The number of benzene rings is 1. The second-order valence-corrected chi connectivity index (χ2v) is 5.81. The predicted octanol–water partition coefficient (Wildman–Crippen LogP) is -1.49. The Bertz CT molecular complexity index is 621. The fourth-order valence-corrected chi connectivity index (χ4v) is 3.02. The fourth-order valence-electron chi connectivity index (χ4n) is 3.02. The van der Waals surface area contributed by atoms with Crippen molar-refractivity contribution >= 4 is 11.4 Å². The van der Waals surface area contributed by atoms with Gasteiger partial charge in [0.25, 0.3) is 0 Å². The topological polar surface area (TPSA) is 53.4 Å². The van der Waals surface area contributed by atoms with E-state index in [1.165, 1.54) is 0 Å². The molecule has 1 aromatic carbocycles. The zero-order valence-electron chi connectivity index (χ0n) is 12.7. The maximum atomic E-state index is 10.1. The van der Waals surface area contributed by atoms with E-state index in [0.717, 1.165) is 29.9 Å². The van der Waals surface area contributed by atoms with Gasteiger partial charge >= 0.3 is 0 Å². The first-order valence-electron chi connectivity index (χ1n) is 7.38. The predicted molar refractivity (Wildman–Crippen MR) is 84.0 cm³/mol. The summed E-state index contributed by atoms with van der Waals surface area (Å²) in [7, 11) is 0. The maximum Gasteiger partial charge on any atom is 0.168 e. The lowest BCUT2D eigenvalue weighted by atomic mass is 10.1. The van der Waals surface area contributed by atoms with Crippen LogP contribution in [0.2, 0.25) is 0 Å². The summed E-state index contributed by atoms with van der Waals surface area (Å²) in [4.78, 5) is 2.29. The first-order chi connectivity index (χ1) is 10.1. The molecule has 1 aromatic heterocycles. The zero-order chi connectivity index (χ0) is 14.8. The highest BCUT2D eigenvalue weighted by Gasteiger charge is 2.33. The number of aliphatic hydroxyl groups excluding tert-OH is 1. The fraction of sp³-hybridized carbons (Fsp3) is 0.353. The normalized spacial score (nSPS) is 20.7. The van der Waals surface area contributed by atoms with Gasteiger partial charge in [-0.1, -0.05) is 6.07 Å². The van der Waals surface area contributed by atoms with Crippen LogP contribution in [0.5, 0.6) is 0 Å². The molecule has 1 aliphatic heterocycles. The molecule has 1 aliphatic rings. The Labute approximate surface area is 137 Å². The quantitative estimate of drug-likeness (QED) is 0.535. The third kappa shape index (κ3) is 3.51. The molecule has 0 radical (unpaired) electrons. The van der Waals surface area contributed by atoms with Crippen LogP contribution in [-0.2, 0) is 6.54 Å². The molecule has 2 aromatic rings. The summed E-state index contributed by atoms with van der Waals surface area (Å²) >= 11 is 0. The Morgan fingerprint density at radius 3 is 2.68 bits per heavy atom. The molecule has 0 aliphatic carbocycles. The number of hydrogen-bond acceptors (Lipinski definition) is 3. The van der Waals surface area contributed by atoms with Crippen molar-refractivity contribution in [3.63, 3.8) is 0 Å². The number of anilines is 2. The van der Waals surface area contributed by atoms with Crippen molar-refractivity contribution in [1.29, 1.82) is 0 Å². The Balaban J connectivity index is 0.00000176. The summed E-state index contributed by atoms with van der Waals surface area (Å²) in [5.74, 6) is 0. The van der Waals surface area contributed by atoms with Crippen molar-refractivity contribution in [3.8, 4) is 0 Å². The molecule has 2 atom stereocenters. The lowest BCUT2D eigenvalue weighted by molar-refractivity contribution is -0.698. The molecule has 0 saturated carbocycles. The Hall–Kier alpha value is -1.78. The van der Waals surface area contributed by atoms with E-state index in [-0.39, 0.29) is 18.5 Å². The number of aromatic nitrogens is 1. The van der Waals surface area contributed by atoms with E-state index in [0.29, 0.717) is 12.6 Å². The molecule has 1 saturated heterocycles.